The number of nitrogens with zero attached hydrogens (tertiary/aromatic N) is 3. The minimum atomic E-state index is 0.679. The molecule has 0 aromatic carbocycles. The Morgan fingerprint density at radius 1 is 1.47 bits per heavy atom. The molecule has 0 aliphatic carbocycles. The standard InChI is InChI=1S/C11H22N4/c1-4-6-10(8-12-5-2)7-11-13-9-14-15(11)3/h9-10,12H,4-8H2,1-3H3. The van der Waals surface area contributed by atoms with Gasteiger partial charge in [0.25, 0.3) is 0 Å². The lowest BCUT2D eigenvalue weighted by Crippen LogP contribution is -2.25. The van der Waals surface area contributed by atoms with E-state index in [1.165, 1.54) is 12.8 Å². The molecule has 1 unspecified atom stereocenters. The second-order valence-corrected chi connectivity index (χ2v) is 3.97. The topological polar surface area (TPSA) is 42.7 Å². The monoisotopic (exact) mass is 210 g/mol. The van der Waals surface area contributed by atoms with Crippen molar-refractivity contribution in [2.24, 2.45) is 13.0 Å². The molecule has 0 radical (unpaired) electrons. The summed E-state index contributed by atoms with van der Waals surface area (Å²) in [5, 5.41) is 7.50. The Morgan fingerprint density at radius 3 is 2.80 bits per heavy atom. The van der Waals surface area contributed by atoms with Crippen molar-refractivity contribution in [3.8, 4) is 0 Å². The highest BCUT2D eigenvalue weighted by Gasteiger charge is 2.11. The smallest absolute Gasteiger partial charge is 0.138 e. The van der Waals surface area contributed by atoms with Gasteiger partial charge in [0.05, 0.1) is 0 Å². The summed E-state index contributed by atoms with van der Waals surface area (Å²) < 4.78 is 1.87. The van der Waals surface area contributed by atoms with Crippen LogP contribution < -0.4 is 5.32 Å². The molecule has 0 saturated carbocycles. The molecular formula is C11H22N4. The Bertz CT molecular complexity index is 269. The lowest BCUT2D eigenvalue weighted by molar-refractivity contribution is 0.429. The maximum absolute atomic E-state index is 4.27. The zero-order chi connectivity index (χ0) is 11.1. The van der Waals surface area contributed by atoms with Gasteiger partial charge < -0.3 is 5.32 Å². The van der Waals surface area contributed by atoms with E-state index in [0.717, 1.165) is 25.3 Å². The number of aryl methyl sites for hydroxylation is 1. The van der Waals surface area contributed by atoms with Gasteiger partial charge in [0, 0.05) is 13.5 Å². The maximum Gasteiger partial charge on any atom is 0.138 e. The second-order valence-electron chi connectivity index (χ2n) is 3.97. The van der Waals surface area contributed by atoms with Crippen molar-refractivity contribution >= 4 is 0 Å². The van der Waals surface area contributed by atoms with E-state index in [0.29, 0.717) is 5.92 Å². The van der Waals surface area contributed by atoms with Crippen molar-refractivity contribution in [3.05, 3.63) is 12.2 Å². The average Bonchev–Trinajstić information content (AvgIpc) is 2.61. The van der Waals surface area contributed by atoms with Crippen LogP contribution in [0.3, 0.4) is 0 Å². The van der Waals surface area contributed by atoms with Crippen molar-refractivity contribution in [1.29, 1.82) is 0 Å². The molecule has 1 aromatic heterocycles. The largest absolute Gasteiger partial charge is 0.317 e. The molecule has 1 rings (SSSR count). The molecule has 1 atom stereocenters. The fourth-order valence-electron chi connectivity index (χ4n) is 1.80. The molecule has 15 heavy (non-hydrogen) atoms. The van der Waals surface area contributed by atoms with Crippen LogP contribution in [0.1, 0.15) is 32.5 Å². The fraction of sp³-hybridized carbons (Fsp3) is 0.818. The summed E-state index contributed by atoms with van der Waals surface area (Å²) in [6, 6.07) is 0. The molecule has 4 nitrogen and oxygen atoms in total. The maximum atomic E-state index is 4.27. The minimum Gasteiger partial charge on any atom is -0.317 e. The van der Waals surface area contributed by atoms with E-state index in [1.807, 2.05) is 11.7 Å². The van der Waals surface area contributed by atoms with Gasteiger partial charge in [-0.3, -0.25) is 4.68 Å². The van der Waals surface area contributed by atoms with Gasteiger partial charge in [-0.25, -0.2) is 4.98 Å². The predicted octanol–water partition coefficient (Wildman–Crippen LogP) is 1.38. The number of nitrogens with one attached hydrogen (secondary N) is 1. The van der Waals surface area contributed by atoms with E-state index in [4.69, 9.17) is 0 Å². The molecule has 0 amide bonds. The number of aromatic nitrogens is 3. The highest BCUT2D eigenvalue weighted by atomic mass is 15.3. The van der Waals surface area contributed by atoms with Crippen molar-refractivity contribution in [2.45, 2.75) is 33.1 Å². The third-order valence-electron chi connectivity index (χ3n) is 2.66. The Labute approximate surface area is 92.1 Å². The normalized spacial score (nSPS) is 13.0. The van der Waals surface area contributed by atoms with Gasteiger partial charge in [0.15, 0.2) is 0 Å². The van der Waals surface area contributed by atoms with Crippen molar-refractivity contribution in [3.63, 3.8) is 0 Å². The lowest BCUT2D eigenvalue weighted by atomic mass is 9.99. The first-order valence-corrected chi connectivity index (χ1v) is 5.81. The Kier molecular flexibility index (Phi) is 5.32. The van der Waals surface area contributed by atoms with E-state index in [1.54, 1.807) is 6.33 Å². The van der Waals surface area contributed by atoms with Gasteiger partial charge in [-0.05, 0) is 25.4 Å². The Balaban J connectivity index is 2.46. The molecule has 1 N–H and O–H groups in total. The van der Waals surface area contributed by atoms with Crippen LogP contribution in [0, 0.1) is 5.92 Å². The molecule has 0 aliphatic heterocycles. The summed E-state index contributed by atoms with van der Waals surface area (Å²) >= 11 is 0. The van der Waals surface area contributed by atoms with Crippen LogP contribution in [-0.2, 0) is 13.5 Å². The van der Waals surface area contributed by atoms with Gasteiger partial charge in [-0.2, -0.15) is 5.10 Å². The van der Waals surface area contributed by atoms with Gasteiger partial charge in [0.2, 0.25) is 0 Å². The molecule has 0 bridgehead atoms. The number of rotatable bonds is 7. The zero-order valence-corrected chi connectivity index (χ0v) is 10.0. The van der Waals surface area contributed by atoms with E-state index in [9.17, 15) is 0 Å². The summed E-state index contributed by atoms with van der Waals surface area (Å²) in [7, 11) is 1.96. The first-order chi connectivity index (χ1) is 7.27. The van der Waals surface area contributed by atoms with Crippen LogP contribution in [0.5, 0.6) is 0 Å². The lowest BCUT2D eigenvalue weighted by Gasteiger charge is -2.15. The van der Waals surface area contributed by atoms with Crippen LogP contribution in [0.25, 0.3) is 0 Å². The van der Waals surface area contributed by atoms with E-state index >= 15 is 0 Å². The van der Waals surface area contributed by atoms with Gasteiger partial charge in [0.1, 0.15) is 12.2 Å². The Hall–Kier alpha value is -0.900. The summed E-state index contributed by atoms with van der Waals surface area (Å²) in [6.45, 7) is 6.50. The summed E-state index contributed by atoms with van der Waals surface area (Å²) in [5.74, 6) is 1.77. The molecule has 0 spiro atoms. The molecule has 0 saturated heterocycles. The van der Waals surface area contributed by atoms with Crippen molar-refractivity contribution < 1.29 is 0 Å². The SMILES string of the molecule is CCCC(CNCC)Cc1ncnn1C. The van der Waals surface area contributed by atoms with Crippen LogP contribution >= 0.6 is 0 Å². The van der Waals surface area contributed by atoms with Gasteiger partial charge in [-0.1, -0.05) is 20.3 Å². The third kappa shape index (κ3) is 4.00. The van der Waals surface area contributed by atoms with E-state index < -0.39 is 0 Å². The highest BCUT2D eigenvalue weighted by molar-refractivity contribution is 4.86. The van der Waals surface area contributed by atoms with Crippen LogP contribution in [0.2, 0.25) is 0 Å². The zero-order valence-electron chi connectivity index (χ0n) is 10.0. The molecule has 1 heterocycles. The van der Waals surface area contributed by atoms with Crippen LogP contribution in [0.4, 0.5) is 0 Å². The number of hydrogen-bond acceptors (Lipinski definition) is 3. The van der Waals surface area contributed by atoms with E-state index in [-0.39, 0.29) is 0 Å². The number of hydrogen-bond donors (Lipinski definition) is 1. The highest BCUT2D eigenvalue weighted by Crippen LogP contribution is 2.11. The molecular weight excluding hydrogens is 188 g/mol. The molecule has 0 aliphatic rings. The van der Waals surface area contributed by atoms with Gasteiger partial charge in [-0.15, -0.1) is 0 Å². The Morgan fingerprint density at radius 2 is 2.27 bits per heavy atom. The first-order valence-electron chi connectivity index (χ1n) is 5.81. The quantitative estimate of drug-likeness (QED) is 0.739. The fourth-order valence-corrected chi connectivity index (χ4v) is 1.80. The molecule has 4 heteroatoms. The van der Waals surface area contributed by atoms with Crippen molar-refractivity contribution in [2.75, 3.05) is 13.1 Å². The van der Waals surface area contributed by atoms with Crippen molar-refractivity contribution in [1.82, 2.24) is 20.1 Å². The molecule has 86 valence electrons. The van der Waals surface area contributed by atoms with Gasteiger partial charge >= 0.3 is 0 Å². The third-order valence-corrected chi connectivity index (χ3v) is 2.66. The second kappa shape index (κ2) is 6.56. The first kappa shape index (κ1) is 12.2. The summed E-state index contributed by atoms with van der Waals surface area (Å²) in [4.78, 5) is 4.27. The molecule has 0 fully saturated rings. The van der Waals surface area contributed by atoms with E-state index in [2.05, 4.69) is 29.2 Å². The summed E-state index contributed by atoms with van der Waals surface area (Å²) in [6.07, 6.45) is 5.14. The van der Waals surface area contributed by atoms with Crippen LogP contribution in [0.15, 0.2) is 6.33 Å². The average molecular weight is 210 g/mol. The van der Waals surface area contributed by atoms with Crippen LogP contribution in [-0.4, -0.2) is 27.9 Å². The minimum absolute atomic E-state index is 0.679. The molecule has 1 aromatic rings. The predicted molar refractivity (Wildman–Crippen MR) is 61.6 cm³/mol. The summed E-state index contributed by atoms with van der Waals surface area (Å²) in [5.41, 5.74) is 0.